The zero-order valence-corrected chi connectivity index (χ0v) is 17.3. The molecule has 1 aliphatic heterocycles. The van der Waals surface area contributed by atoms with Gasteiger partial charge in [0.25, 0.3) is 11.8 Å². The van der Waals surface area contributed by atoms with Crippen molar-refractivity contribution in [3.8, 4) is 5.75 Å². The molecular weight excluding hydrogens is 366 g/mol. The number of likely N-dealkylation sites (tertiary alicyclic amines) is 1. The lowest BCUT2D eigenvalue weighted by Gasteiger charge is -2.31. The van der Waals surface area contributed by atoms with Gasteiger partial charge in [0.05, 0.1) is 31.5 Å². The maximum absolute atomic E-state index is 12.7. The molecule has 0 saturated carbocycles. The van der Waals surface area contributed by atoms with E-state index in [9.17, 15) is 9.59 Å². The number of rotatable bonds is 6. The molecule has 0 aromatic heterocycles. The van der Waals surface area contributed by atoms with E-state index in [1.54, 1.807) is 49.6 Å². The standard InChI is InChI=1S/C23H29N3O3/c1-16-12-17(2)14-26(13-16)15-22(27)25-21-7-5-4-6-20(21)23(28)24-18-8-10-19(29-3)11-9-18/h4-11,16-17H,12-15H2,1-3H3,(H,24,28)(H,25,27)/p+1/t16-,17-/m1/s1. The summed E-state index contributed by atoms with van der Waals surface area (Å²) in [6, 6.07) is 14.2. The van der Waals surface area contributed by atoms with Gasteiger partial charge < -0.3 is 20.3 Å². The summed E-state index contributed by atoms with van der Waals surface area (Å²) in [5, 5.41) is 5.80. The molecule has 0 radical (unpaired) electrons. The fourth-order valence-electron chi connectivity index (χ4n) is 4.15. The van der Waals surface area contributed by atoms with Crippen molar-refractivity contribution in [3.05, 3.63) is 54.1 Å². The van der Waals surface area contributed by atoms with Crippen LogP contribution in [-0.4, -0.2) is 38.6 Å². The van der Waals surface area contributed by atoms with Crippen molar-refractivity contribution in [2.24, 2.45) is 11.8 Å². The number of methoxy groups -OCH3 is 1. The Morgan fingerprint density at radius 3 is 2.31 bits per heavy atom. The molecule has 0 spiro atoms. The minimum atomic E-state index is -0.265. The minimum absolute atomic E-state index is 0.0639. The Balaban J connectivity index is 1.64. The average molecular weight is 397 g/mol. The highest BCUT2D eigenvalue weighted by molar-refractivity contribution is 6.10. The Morgan fingerprint density at radius 1 is 1.00 bits per heavy atom. The number of carbonyl (C=O) groups excluding carboxylic acids is 2. The molecule has 1 heterocycles. The van der Waals surface area contributed by atoms with E-state index in [4.69, 9.17) is 4.74 Å². The summed E-state index contributed by atoms with van der Waals surface area (Å²) >= 11 is 0. The number of hydrogen-bond acceptors (Lipinski definition) is 3. The van der Waals surface area contributed by atoms with E-state index in [2.05, 4.69) is 24.5 Å². The molecule has 6 nitrogen and oxygen atoms in total. The van der Waals surface area contributed by atoms with Gasteiger partial charge in [0.15, 0.2) is 6.54 Å². The van der Waals surface area contributed by atoms with Crippen LogP contribution in [-0.2, 0) is 4.79 Å². The summed E-state index contributed by atoms with van der Waals surface area (Å²) in [6.07, 6.45) is 1.22. The average Bonchev–Trinajstić information content (AvgIpc) is 2.68. The predicted octanol–water partition coefficient (Wildman–Crippen LogP) is 2.45. The zero-order chi connectivity index (χ0) is 20.8. The van der Waals surface area contributed by atoms with Gasteiger partial charge in [-0.15, -0.1) is 0 Å². The van der Waals surface area contributed by atoms with Crippen LogP contribution in [0.15, 0.2) is 48.5 Å². The number of quaternary nitrogens is 1. The Kier molecular flexibility index (Phi) is 6.88. The molecule has 1 aliphatic rings. The van der Waals surface area contributed by atoms with E-state index >= 15 is 0 Å². The minimum Gasteiger partial charge on any atom is -0.497 e. The molecule has 2 atom stereocenters. The van der Waals surface area contributed by atoms with Gasteiger partial charge in [-0.05, 0) is 42.8 Å². The number of carbonyl (C=O) groups is 2. The second-order valence-corrected chi connectivity index (χ2v) is 8.06. The number of para-hydroxylation sites is 1. The fraction of sp³-hybridized carbons (Fsp3) is 0.391. The first-order chi connectivity index (χ1) is 13.9. The van der Waals surface area contributed by atoms with Crippen LogP contribution in [0, 0.1) is 11.8 Å². The van der Waals surface area contributed by atoms with Crippen molar-refractivity contribution in [1.29, 1.82) is 0 Å². The van der Waals surface area contributed by atoms with Crippen molar-refractivity contribution < 1.29 is 19.2 Å². The van der Waals surface area contributed by atoms with Crippen molar-refractivity contribution in [1.82, 2.24) is 0 Å². The molecule has 29 heavy (non-hydrogen) atoms. The van der Waals surface area contributed by atoms with Crippen LogP contribution in [0.2, 0.25) is 0 Å². The number of amides is 2. The number of ether oxygens (including phenoxy) is 1. The predicted molar refractivity (Wildman–Crippen MR) is 115 cm³/mol. The highest BCUT2D eigenvalue weighted by atomic mass is 16.5. The maximum Gasteiger partial charge on any atom is 0.279 e. The largest absolute Gasteiger partial charge is 0.497 e. The van der Waals surface area contributed by atoms with Gasteiger partial charge in [-0.25, -0.2) is 0 Å². The molecule has 2 aromatic rings. The van der Waals surface area contributed by atoms with Gasteiger partial charge in [0.1, 0.15) is 5.75 Å². The first-order valence-electron chi connectivity index (χ1n) is 10.1. The normalized spacial score (nSPS) is 21.3. The van der Waals surface area contributed by atoms with Gasteiger partial charge in [-0.3, -0.25) is 9.59 Å². The van der Waals surface area contributed by atoms with Gasteiger partial charge >= 0.3 is 0 Å². The van der Waals surface area contributed by atoms with Crippen LogP contribution in [0.4, 0.5) is 11.4 Å². The Labute approximate surface area is 172 Å². The van der Waals surface area contributed by atoms with E-state index in [0.717, 1.165) is 18.8 Å². The van der Waals surface area contributed by atoms with E-state index in [0.29, 0.717) is 35.3 Å². The third-order valence-electron chi connectivity index (χ3n) is 5.28. The maximum atomic E-state index is 12.7. The number of piperidine rings is 1. The Morgan fingerprint density at radius 2 is 1.66 bits per heavy atom. The number of hydrogen-bond donors (Lipinski definition) is 3. The summed E-state index contributed by atoms with van der Waals surface area (Å²) in [7, 11) is 1.60. The summed E-state index contributed by atoms with van der Waals surface area (Å²) < 4.78 is 5.13. The smallest absolute Gasteiger partial charge is 0.279 e. The lowest BCUT2D eigenvalue weighted by Crippen LogP contribution is -3.15. The molecule has 0 bridgehead atoms. The molecular formula is C23H30N3O3+. The van der Waals surface area contributed by atoms with Crippen molar-refractivity contribution in [2.45, 2.75) is 20.3 Å². The summed E-state index contributed by atoms with van der Waals surface area (Å²) in [6.45, 7) is 6.93. The quantitative estimate of drug-likeness (QED) is 0.702. The van der Waals surface area contributed by atoms with Crippen LogP contribution in [0.1, 0.15) is 30.6 Å². The molecule has 6 heteroatoms. The highest BCUT2D eigenvalue weighted by Crippen LogP contribution is 2.19. The van der Waals surface area contributed by atoms with E-state index < -0.39 is 0 Å². The lowest BCUT2D eigenvalue weighted by atomic mass is 9.92. The van der Waals surface area contributed by atoms with Crippen LogP contribution < -0.4 is 20.3 Å². The topological polar surface area (TPSA) is 71.9 Å². The first kappa shape index (κ1) is 20.9. The van der Waals surface area contributed by atoms with Gasteiger partial charge in [-0.2, -0.15) is 0 Å². The van der Waals surface area contributed by atoms with Crippen LogP contribution in [0.5, 0.6) is 5.75 Å². The molecule has 1 saturated heterocycles. The van der Waals surface area contributed by atoms with Crippen molar-refractivity contribution in [2.75, 3.05) is 37.4 Å². The second-order valence-electron chi connectivity index (χ2n) is 8.06. The van der Waals surface area contributed by atoms with Crippen LogP contribution in [0.3, 0.4) is 0 Å². The van der Waals surface area contributed by atoms with Gasteiger partial charge in [0, 0.05) is 17.5 Å². The third kappa shape index (κ3) is 5.81. The molecule has 154 valence electrons. The number of anilines is 2. The SMILES string of the molecule is COc1ccc(NC(=O)c2ccccc2NC(=O)C[NH+]2C[C@H](C)C[C@@H](C)C2)cc1. The molecule has 0 aliphatic carbocycles. The number of nitrogens with one attached hydrogen (secondary N) is 3. The fourth-order valence-corrected chi connectivity index (χ4v) is 4.15. The van der Waals surface area contributed by atoms with Crippen LogP contribution in [0.25, 0.3) is 0 Å². The molecule has 1 fully saturated rings. The summed E-state index contributed by atoms with van der Waals surface area (Å²) in [5.74, 6) is 1.65. The summed E-state index contributed by atoms with van der Waals surface area (Å²) in [4.78, 5) is 26.7. The number of benzene rings is 2. The van der Waals surface area contributed by atoms with Crippen LogP contribution >= 0.6 is 0 Å². The molecule has 2 amide bonds. The molecule has 0 unspecified atom stereocenters. The molecule has 3 rings (SSSR count). The van der Waals surface area contributed by atoms with E-state index in [1.807, 2.05) is 6.07 Å². The first-order valence-corrected chi connectivity index (χ1v) is 10.1. The van der Waals surface area contributed by atoms with Gasteiger partial charge in [-0.1, -0.05) is 26.0 Å². The summed E-state index contributed by atoms with van der Waals surface area (Å²) in [5.41, 5.74) is 1.63. The van der Waals surface area contributed by atoms with Crippen molar-refractivity contribution in [3.63, 3.8) is 0 Å². The van der Waals surface area contributed by atoms with E-state index in [1.165, 1.54) is 11.3 Å². The molecule has 2 aromatic carbocycles. The zero-order valence-electron chi connectivity index (χ0n) is 17.3. The monoisotopic (exact) mass is 396 g/mol. The second kappa shape index (κ2) is 9.56. The highest BCUT2D eigenvalue weighted by Gasteiger charge is 2.27. The third-order valence-corrected chi connectivity index (χ3v) is 5.28. The van der Waals surface area contributed by atoms with E-state index in [-0.39, 0.29) is 11.8 Å². The van der Waals surface area contributed by atoms with Gasteiger partial charge in [0.2, 0.25) is 0 Å². The lowest BCUT2D eigenvalue weighted by molar-refractivity contribution is -0.904. The van der Waals surface area contributed by atoms with Crippen molar-refractivity contribution >= 4 is 23.2 Å². The Bertz CT molecular complexity index is 841. The Hall–Kier alpha value is -2.86. The molecule has 3 N–H and O–H groups in total.